The second-order valence-corrected chi connectivity index (χ2v) is 6.56. The maximum atomic E-state index is 5.81. The lowest BCUT2D eigenvalue weighted by molar-refractivity contribution is 0.185. The fraction of sp³-hybridized carbons (Fsp3) is 0.588. The molecule has 0 heterocycles. The van der Waals surface area contributed by atoms with E-state index in [-0.39, 0.29) is 0 Å². The zero-order chi connectivity index (χ0) is 14.4. The first-order chi connectivity index (χ1) is 9.66. The Morgan fingerprint density at radius 1 is 1.25 bits per heavy atom. The fourth-order valence-corrected chi connectivity index (χ4v) is 3.46. The van der Waals surface area contributed by atoms with E-state index in [1.807, 2.05) is 0 Å². The number of rotatable bonds is 6. The minimum absolute atomic E-state index is 0.315. The normalized spacial score (nSPS) is 18.1. The number of nitrogens with two attached hydrogens (primary N) is 1. The van der Waals surface area contributed by atoms with Gasteiger partial charge in [0.15, 0.2) is 0 Å². The van der Waals surface area contributed by atoms with Crippen LogP contribution in [0, 0.1) is 5.92 Å². The van der Waals surface area contributed by atoms with E-state index >= 15 is 0 Å². The van der Waals surface area contributed by atoms with Gasteiger partial charge in [-0.3, -0.25) is 4.90 Å². The molecule has 20 heavy (non-hydrogen) atoms. The van der Waals surface area contributed by atoms with Gasteiger partial charge in [-0.25, -0.2) is 0 Å². The van der Waals surface area contributed by atoms with Crippen molar-refractivity contribution in [1.82, 2.24) is 4.90 Å². The Balaban J connectivity index is 2.03. The Morgan fingerprint density at radius 2 is 1.90 bits per heavy atom. The molecule has 0 aromatic heterocycles. The van der Waals surface area contributed by atoms with Crippen LogP contribution in [0.2, 0.25) is 0 Å². The van der Waals surface area contributed by atoms with Crippen LogP contribution in [-0.4, -0.2) is 23.5 Å². The molecule has 1 aromatic carbocycles. The summed E-state index contributed by atoms with van der Waals surface area (Å²) < 4.78 is 0. The lowest BCUT2D eigenvalue weighted by Gasteiger charge is -2.33. The third-order valence-corrected chi connectivity index (χ3v) is 4.55. The Labute approximate surface area is 128 Å². The number of hydrogen-bond donors (Lipinski definition) is 1. The summed E-state index contributed by atoms with van der Waals surface area (Å²) in [7, 11) is 2.21. The second kappa shape index (κ2) is 7.75. The van der Waals surface area contributed by atoms with Crippen LogP contribution < -0.4 is 5.73 Å². The maximum absolute atomic E-state index is 5.81. The van der Waals surface area contributed by atoms with E-state index in [1.54, 1.807) is 0 Å². The molecule has 2 N–H and O–H groups in total. The highest BCUT2D eigenvalue weighted by Gasteiger charge is 2.22. The van der Waals surface area contributed by atoms with E-state index in [9.17, 15) is 0 Å². The van der Waals surface area contributed by atoms with Crippen molar-refractivity contribution in [1.29, 1.82) is 0 Å². The van der Waals surface area contributed by atoms with Gasteiger partial charge in [-0.05, 0) is 31.4 Å². The van der Waals surface area contributed by atoms with Crippen LogP contribution in [0.1, 0.15) is 50.1 Å². The Hall–Kier alpha value is -0.930. The van der Waals surface area contributed by atoms with Crippen molar-refractivity contribution in [2.24, 2.45) is 11.7 Å². The van der Waals surface area contributed by atoms with Gasteiger partial charge in [-0.1, -0.05) is 61.8 Å². The summed E-state index contributed by atoms with van der Waals surface area (Å²) in [6, 6.07) is 10.9. The first-order valence-corrected chi connectivity index (χ1v) is 8.11. The first kappa shape index (κ1) is 15.5. The molecular weight excluding hydrogens is 264 g/mol. The van der Waals surface area contributed by atoms with Gasteiger partial charge < -0.3 is 5.73 Å². The fourth-order valence-electron chi connectivity index (χ4n) is 3.30. The van der Waals surface area contributed by atoms with Crippen molar-refractivity contribution in [2.75, 3.05) is 13.6 Å². The molecule has 1 atom stereocenters. The van der Waals surface area contributed by atoms with Crippen LogP contribution in [0.25, 0.3) is 0 Å². The third-order valence-electron chi connectivity index (χ3n) is 4.38. The Morgan fingerprint density at radius 3 is 2.50 bits per heavy atom. The molecule has 110 valence electrons. The molecule has 1 aliphatic rings. The van der Waals surface area contributed by atoms with Crippen molar-refractivity contribution in [2.45, 2.75) is 44.6 Å². The zero-order valence-corrected chi connectivity index (χ0v) is 13.2. The highest BCUT2D eigenvalue weighted by atomic mass is 32.1. The van der Waals surface area contributed by atoms with Crippen LogP contribution in [-0.2, 0) is 0 Å². The summed E-state index contributed by atoms with van der Waals surface area (Å²) in [4.78, 5) is 3.05. The van der Waals surface area contributed by atoms with E-state index < -0.39 is 0 Å². The second-order valence-electron chi connectivity index (χ2n) is 6.04. The van der Waals surface area contributed by atoms with Gasteiger partial charge in [0.2, 0.25) is 0 Å². The summed E-state index contributed by atoms with van der Waals surface area (Å²) in [5.41, 5.74) is 7.12. The molecule has 0 bridgehead atoms. The SMILES string of the molecule is CN(CC1CCCCC1)C(CC(N)=S)c1ccccc1. The average molecular weight is 290 g/mol. The van der Waals surface area contributed by atoms with Gasteiger partial charge in [0.1, 0.15) is 0 Å². The van der Waals surface area contributed by atoms with Gasteiger partial charge in [0.25, 0.3) is 0 Å². The van der Waals surface area contributed by atoms with Crippen molar-refractivity contribution in [3.8, 4) is 0 Å². The Bertz CT molecular complexity index is 412. The standard InChI is InChI=1S/C17H26N2S/c1-19(13-14-8-4-2-5-9-14)16(12-17(18)20)15-10-6-3-7-11-15/h3,6-7,10-11,14,16H,2,4-5,8-9,12-13H2,1H3,(H2,18,20). The van der Waals surface area contributed by atoms with E-state index in [0.717, 1.165) is 18.9 Å². The Kier molecular flexibility index (Phi) is 5.99. The molecule has 1 saturated carbocycles. The van der Waals surface area contributed by atoms with Crippen molar-refractivity contribution in [3.63, 3.8) is 0 Å². The molecule has 0 saturated heterocycles. The summed E-state index contributed by atoms with van der Waals surface area (Å²) in [6.45, 7) is 1.15. The van der Waals surface area contributed by atoms with Gasteiger partial charge in [-0.15, -0.1) is 0 Å². The topological polar surface area (TPSA) is 29.3 Å². The predicted molar refractivity (Wildman–Crippen MR) is 89.8 cm³/mol. The lowest BCUT2D eigenvalue weighted by atomic mass is 9.88. The lowest BCUT2D eigenvalue weighted by Crippen LogP contribution is -2.33. The molecule has 0 amide bonds. The van der Waals surface area contributed by atoms with E-state index in [0.29, 0.717) is 11.0 Å². The number of nitrogens with zero attached hydrogens (tertiary/aromatic N) is 1. The molecule has 1 fully saturated rings. The summed E-state index contributed by atoms with van der Waals surface area (Å²) in [5.74, 6) is 0.839. The zero-order valence-electron chi connectivity index (χ0n) is 12.4. The minimum atomic E-state index is 0.315. The van der Waals surface area contributed by atoms with Crippen LogP contribution in [0.4, 0.5) is 0 Å². The molecule has 3 heteroatoms. The van der Waals surface area contributed by atoms with Gasteiger partial charge in [0, 0.05) is 19.0 Å². The summed E-state index contributed by atoms with van der Waals surface area (Å²) in [5, 5.41) is 0. The molecule has 1 unspecified atom stereocenters. The molecule has 0 spiro atoms. The highest BCUT2D eigenvalue weighted by molar-refractivity contribution is 7.80. The van der Waals surface area contributed by atoms with Crippen LogP contribution in [0.5, 0.6) is 0 Å². The maximum Gasteiger partial charge on any atom is 0.0746 e. The van der Waals surface area contributed by atoms with Crippen molar-refractivity contribution >= 4 is 17.2 Å². The molecular formula is C17H26N2S. The molecule has 0 aliphatic heterocycles. The predicted octanol–water partition coefficient (Wildman–Crippen LogP) is 3.92. The van der Waals surface area contributed by atoms with Crippen LogP contribution >= 0.6 is 12.2 Å². The van der Waals surface area contributed by atoms with Gasteiger partial charge in [-0.2, -0.15) is 0 Å². The van der Waals surface area contributed by atoms with Crippen molar-refractivity contribution in [3.05, 3.63) is 35.9 Å². The summed E-state index contributed by atoms with van der Waals surface area (Å²) in [6.07, 6.45) is 7.71. The van der Waals surface area contributed by atoms with Crippen molar-refractivity contribution < 1.29 is 0 Å². The minimum Gasteiger partial charge on any atom is -0.393 e. The van der Waals surface area contributed by atoms with Crippen LogP contribution in [0.3, 0.4) is 0 Å². The monoisotopic (exact) mass is 290 g/mol. The quantitative estimate of drug-likeness (QED) is 0.805. The average Bonchev–Trinajstić information content (AvgIpc) is 2.46. The summed E-state index contributed by atoms with van der Waals surface area (Å²) >= 11 is 5.15. The smallest absolute Gasteiger partial charge is 0.0746 e. The molecule has 1 aliphatic carbocycles. The highest BCUT2D eigenvalue weighted by Crippen LogP contribution is 2.29. The number of thiocarbonyl (C=S) groups is 1. The van der Waals surface area contributed by atoms with Crippen LogP contribution in [0.15, 0.2) is 30.3 Å². The molecule has 2 rings (SSSR count). The van der Waals surface area contributed by atoms with Gasteiger partial charge >= 0.3 is 0 Å². The van der Waals surface area contributed by atoms with E-state index in [1.165, 1.54) is 37.7 Å². The number of benzene rings is 1. The third kappa shape index (κ3) is 4.57. The van der Waals surface area contributed by atoms with Gasteiger partial charge in [0.05, 0.1) is 4.99 Å². The largest absolute Gasteiger partial charge is 0.393 e. The van der Waals surface area contributed by atoms with E-state index in [2.05, 4.69) is 42.3 Å². The molecule has 1 aromatic rings. The first-order valence-electron chi connectivity index (χ1n) is 7.70. The number of hydrogen-bond acceptors (Lipinski definition) is 2. The molecule has 2 nitrogen and oxygen atoms in total. The van der Waals surface area contributed by atoms with E-state index in [4.69, 9.17) is 18.0 Å². The molecule has 0 radical (unpaired) electrons.